The number of fused-ring (bicyclic) bond motifs is 1. The van der Waals surface area contributed by atoms with Crippen LogP contribution in [0.2, 0.25) is 0 Å². The third-order valence-electron chi connectivity index (χ3n) is 3.12. The summed E-state index contributed by atoms with van der Waals surface area (Å²) in [4.78, 5) is 2.34. The summed E-state index contributed by atoms with van der Waals surface area (Å²) in [5.74, 6) is 0.552. The molecule has 1 aliphatic rings. The molecule has 0 saturated carbocycles. The van der Waals surface area contributed by atoms with Gasteiger partial charge in [0.05, 0.1) is 0 Å². The fourth-order valence-electron chi connectivity index (χ4n) is 2.28. The van der Waals surface area contributed by atoms with Gasteiger partial charge in [-0.25, -0.2) is 0 Å². The lowest BCUT2D eigenvalue weighted by molar-refractivity contribution is 0.619. The highest BCUT2D eigenvalue weighted by Gasteiger charge is 2.19. The molecule has 2 nitrogen and oxygen atoms in total. The Balaban J connectivity index is 0.00000112. The van der Waals surface area contributed by atoms with Gasteiger partial charge in [-0.15, -0.1) is 12.4 Å². The monoisotopic (exact) mass is 226 g/mol. The molecule has 1 atom stereocenters. The van der Waals surface area contributed by atoms with Crippen molar-refractivity contribution in [3.8, 4) is 0 Å². The Morgan fingerprint density at radius 2 is 2.13 bits per heavy atom. The number of halogens is 1. The molecule has 0 aromatic heterocycles. The minimum atomic E-state index is 0. The lowest BCUT2D eigenvalue weighted by atomic mass is 9.94. The van der Waals surface area contributed by atoms with Gasteiger partial charge in [0.25, 0.3) is 0 Å². The molecule has 0 aliphatic carbocycles. The van der Waals surface area contributed by atoms with Crippen molar-refractivity contribution in [2.75, 3.05) is 25.0 Å². The number of benzene rings is 1. The second-order valence-electron chi connectivity index (χ2n) is 4.06. The number of para-hydroxylation sites is 1. The second-order valence-corrected chi connectivity index (χ2v) is 4.06. The second kappa shape index (κ2) is 5.38. The minimum absolute atomic E-state index is 0. The van der Waals surface area contributed by atoms with E-state index in [4.69, 9.17) is 5.73 Å². The van der Waals surface area contributed by atoms with Gasteiger partial charge in [0.15, 0.2) is 0 Å². The topological polar surface area (TPSA) is 29.3 Å². The molecular formula is C12H19ClN2. The van der Waals surface area contributed by atoms with E-state index >= 15 is 0 Å². The molecule has 0 radical (unpaired) electrons. The molecule has 0 amide bonds. The van der Waals surface area contributed by atoms with Crippen molar-refractivity contribution in [1.82, 2.24) is 0 Å². The molecule has 2 rings (SSSR count). The summed E-state index contributed by atoms with van der Waals surface area (Å²) >= 11 is 0. The first kappa shape index (κ1) is 12.3. The van der Waals surface area contributed by atoms with E-state index < -0.39 is 0 Å². The predicted octanol–water partition coefficient (Wildman–Crippen LogP) is 2.38. The fraction of sp³-hybridized carbons (Fsp3) is 0.500. The van der Waals surface area contributed by atoms with Crippen LogP contribution in [0.1, 0.15) is 24.3 Å². The van der Waals surface area contributed by atoms with Crippen LogP contribution >= 0.6 is 12.4 Å². The summed E-state index contributed by atoms with van der Waals surface area (Å²) in [7, 11) is 2.16. The molecule has 1 unspecified atom stereocenters. The van der Waals surface area contributed by atoms with E-state index in [0.717, 1.165) is 13.1 Å². The Morgan fingerprint density at radius 3 is 2.87 bits per heavy atom. The molecule has 2 N–H and O–H groups in total. The van der Waals surface area contributed by atoms with Crippen LogP contribution in [0.15, 0.2) is 24.3 Å². The van der Waals surface area contributed by atoms with Gasteiger partial charge in [-0.1, -0.05) is 18.2 Å². The maximum atomic E-state index is 5.81. The summed E-state index contributed by atoms with van der Waals surface area (Å²) in [5.41, 5.74) is 8.60. The summed E-state index contributed by atoms with van der Waals surface area (Å²) in [6.45, 7) is 1.92. The molecule has 0 fully saturated rings. The molecule has 84 valence electrons. The smallest absolute Gasteiger partial charge is 0.0399 e. The first-order valence-corrected chi connectivity index (χ1v) is 5.33. The highest BCUT2D eigenvalue weighted by molar-refractivity contribution is 5.85. The first-order valence-electron chi connectivity index (χ1n) is 5.33. The first-order chi connectivity index (χ1) is 6.83. The maximum absolute atomic E-state index is 5.81. The molecular weight excluding hydrogens is 208 g/mol. The van der Waals surface area contributed by atoms with Gasteiger partial charge in [-0.05, 0) is 36.9 Å². The van der Waals surface area contributed by atoms with Crippen LogP contribution in [-0.4, -0.2) is 20.1 Å². The van der Waals surface area contributed by atoms with Crippen LogP contribution in [-0.2, 0) is 0 Å². The molecule has 0 saturated heterocycles. The van der Waals surface area contributed by atoms with Crippen molar-refractivity contribution < 1.29 is 0 Å². The zero-order valence-corrected chi connectivity index (χ0v) is 9.96. The van der Waals surface area contributed by atoms with Gasteiger partial charge in [0, 0.05) is 19.3 Å². The number of anilines is 1. The standard InChI is InChI=1S/C12H18N2.ClH/c1-14-8-4-5-10(9-13)11-6-2-3-7-12(11)14;/h2-3,6-7,10H,4-5,8-9,13H2,1H3;1H. The molecule has 3 heteroatoms. The molecule has 0 bridgehead atoms. The van der Waals surface area contributed by atoms with E-state index in [9.17, 15) is 0 Å². The third-order valence-corrected chi connectivity index (χ3v) is 3.12. The van der Waals surface area contributed by atoms with Gasteiger partial charge in [-0.2, -0.15) is 0 Å². The molecule has 15 heavy (non-hydrogen) atoms. The van der Waals surface area contributed by atoms with E-state index in [1.165, 1.54) is 24.1 Å². The van der Waals surface area contributed by atoms with Crippen LogP contribution in [0.5, 0.6) is 0 Å². The van der Waals surface area contributed by atoms with Gasteiger partial charge < -0.3 is 10.6 Å². The Hall–Kier alpha value is -0.730. The maximum Gasteiger partial charge on any atom is 0.0399 e. The molecule has 1 aromatic rings. The van der Waals surface area contributed by atoms with Crippen molar-refractivity contribution in [1.29, 1.82) is 0 Å². The number of nitrogens with two attached hydrogens (primary N) is 1. The number of nitrogens with zero attached hydrogens (tertiary/aromatic N) is 1. The summed E-state index contributed by atoms with van der Waals surface area (Å²) < 4.78 is 0. The SMILES string of the molecule is CN1CCCC(CN)c2ccccc21.Cl. The number of hydrogen-bond donors (Lipinski definition) is 1. The Labute approximate surface area is 97.9 Å². The van der Waals surface area contributed by atoms with Crippen molar-refractivity contribution in [2.45, 2.75) is 18.8 Å². The normalized spacial score (nSPS) is 20.1. The van der Waals surface area contributed by atoms with Gasteiger partial charge in [0.2, 0.25) is 0 Å². The van der Waals surface area contributed by atoms with Crippen LogP contribution in [0.4, 0.5) is 5.69 Å². The predicted molar refractivity (Wildman–Crippen MR) is 68.0 cm³/mol. The van der Waals surface area contributed by atoms with E-state index in [1.807, 2.05) is 0 Å². The van der Waals surface area contributed by atoms with Crippen molar-refractivity contribution >= 4 is 18.1 Å². The van der Waals surface area contributed by atoms with Gasteiger partial charge in [-0.3, -0.25) is 0 Å². The van der Waals surface area contributed by atoms with Crippen molar-refractivity contribution in [2.24, 2.45) is 5.73 Å². The van der Waals surface area contributed by atoms with Crippen molar-refractivity contribution in [3.63, 3.8) is 0 Å². The van der Waals surface area contributed by atoms with Crippen LogP contribution in [0.3, 0.4) is 0 Å². The largest absolute Gasteiger partial charge is 0.374 e. The lowest BCUT2D eigenvalue weighted by Crippen LogP contribution is -2.17. The molecule has 0 spiro atoms. The van der Waals surface area contributed by atoms with Gasteiger partial charge in [0.1, 0.15) is 0 Å². The van der Waals surface area contributed by atoms with Crippen LogP contribution in [0.25, 0.3) is 0 Å². The van der Waals surface area contributed by atoms with Crippen molar-refractivity contribution in [3.05, 3.63) is 29.8 Å². The van der Waals surface area contributed by atoms with E-state index in [2.05, 4.69) is 36.2 Å². The Kier molecular flexibility index (Phi) is 4.43. The molecule has 1 aromatic carbocycles. The lowest BCUT2D eigenvalue weighted by Gasteiger charge is -2.20. The number of rotatable bonds is 1. The zero-order valence-electron chi connectivity index (χ0n) is 9.15. The Morgan fingerprint density at radius 1 is 1.40 bits per heavy atom. The minimum Gasteiger partial charge on any atom is -0.374 e. The average molecular weight is 227 g/mol. The average Bonchev–Trinajstić information content (AvgIpc) is 2.39. The van der Waals surface area contributed by atoms with Crippen LogP contribution < -0.4 is 10.6 Å². The highest BCUT2D eigenvalue weighted by Crippen LogP contribution is 2.32. The van der Waals surface area contributed by atoms with Crippen LogP contribution in [0, 0.1) is 0 Å². The molecule has 1 aliphatic heterocycles. The zero-order chi connectivity index (χ0) is 9.97. The van der Waals surface area contributed by atoms with Gasteiger partial charge >= 0.3 is 0 Å². The highest BCUT2D eigenvalue weighted by atomic mass is 35.5. The molecule has 1 heterocycles. The van der Waals surface area contributed by atoms with E-state index in [1.54, 1.807) is 0 Å². The Bertz CT molecular complexity index is 314. The fourth-order valence-corrected chi connectivity index (χ4v) is 2.28. The van der Waals surface area contributed by atoms with E-state index in [-0.39, 0.29) is 12.4 Å². The summed E-state index contributed by atoms with van der Waals surface area (Å²) in [6, 6.07) is 8.63. The summed E-state index contributed by atoms with van der Waals surface area (Å²) in [5, 5.41) is 0. The quantitative estimate of drug-likeness (QED) is 0.797. The summed E-state index contributed by atoms with van der Waals surface area (Å²) in [6.07, 6.45) is 2.46. The third kappa shape index (κ3) is 2.44. The van der Waals surface area contributed by atoms with E-state index in [0.29, 0.717) is 5.92 Å². The number of hydrogen-bond acceptors (Lipinski definition) is 2.